The van der Waals surface area contributed by atoms with Crippen LogP contribution < -0.4 is 5.32 Å². The highest BCUT2D eigenvalue weighted by Crippen LogP contribution is 2.32. The Hall–Kier alpha value is -2.19. The van der Waals surface area contributed by atoms with E-state index < -0.39 is 30.1 Å². The standard InChI is InChI=1S/C13H15F3N4O2/c1-8(21)20-6-10(2-3-11(20)13(14,15)16)19-12(22)9-4-17-7-18-5-9/h4-5,7,10-11H,2-3,6H2,1H3,(H,19,22)/t10-,11+/m0/s1. The monoisotopic (exact) mass is 316 g/mol. The van der Waals surface area contributed by atoms with E-state index in [2.05, 4.69) is 15.3 Å². The first-order valence-corrected chi connectivity index (χ1v) is 6.69. The number of amides is 2. The molecular formula is C13H15F3N4O2. The highest BCUT2D eigenvalue weighted by molar-refractivity contribution is 5.93. The Morgan fingerprint density at radius 2 is 1.91 bits per heavy atom. The number of carbonyl (C=O) groups excluding carboxylic acids is 2. The number of nitrogens with zero attached hydrogens (tertiary/aromatic N) is 3. The fourth-order valence-corrected chi connectivity index (χ4v) is 2.46. The molecule has 0 aliphatic carbocycles. The van der Waals surface area contributed by atoms with Gasteiger partial charge >= 0.3 is 6.18 Å². The lowest BCUT2D eigenvalue weighted by molar-refractivity contribution is -0.196. The van der Waals surface area contributed by atoms with E-state index in [4.69, 9.17) is 0 Å². The first-order chi connectivity index (χ1) is 10.3. The lowest BCUT2D eigenvalue weighted by Gasteiger charge is -2.40. The second kappa shape index (κ2) is 6.29. The van der Waals surface area contributed by atoms with Crippen molar-refractivity contribution in [2.45, 2.75) is 38.0 Å². The van der Waals surface area contributed by atoms with Crippen molar-refractivity contribution in [3.05, 3.63) is 24.3 Å². The number of piperidine rings is 1. The molecule has 1 fully saturated rings. The van der Waals surface area contributed by atoms with Crippen LogP contribution >= 0.6 is 0 Å². The van der Waals surface area contributed by atoms with Crippen molar-refractivity contribution in [2.24, 2.45) is 0 Å². The molecule has 1 aromatic heterocycles. The van der Waals surface area contributed by atoms with Gasteiger partial charge in [-0.3, -0.25) is 9.59 Å². The number of hydrogen-bond donors (Lipinski definition) is 1. The zero-order valence-corrected chi connectivity index (χ0v) is 11.8. The van der Waals surface area contributed by atoms with Crippen LogP contribution in [0.4, 0.5) is 13.2 Å². The smallest absolute Gasteiger partial charge is 0.347 e. The van der Waals surface area contributed by atoms with Gasteiger partial charge in [0.25, 0.3) is 5.91 Å². The van der Waals surface area contributed by atoms with Crippen LogP contribution in [0.1, 0.15) is 30.1 Å². The third-order valence-corrected chi connectivity index (χ3v) is 3.52. The van der Waals surface area contributed by atoms with E-state index in [-0.39, 0.29) is 24.9 Å². The van der Waals surface area contributed by atoms with Gasteiger partial charge in [-0.2, -0.15) is 13.2 Å². The van der Waals surface area contributed by atoms with Gasteiger partial charge in [0.2, 0.25) is 5.91 Å². The van der Waals surface area contributed by atoms with Crippen LogP contribution in [0.2, 0.25) is 0 Å². The molecule has 0 bridgehead atoms. The van der Waals surface area contributed by atoms with Crippen molar-refractivity contribution in [3.8, 4) is 0 Å². The Morgan fingerprint density at radius 3 is 2.45 bits per heavy atom. The van der Waals surface area contributed by atoms with Crippen molar-refractivity contribution < 1.29 is 22.8 Å². The lowest BCUT2D eigenvalue weighted by atomic mass is 9.97. The molecule has 1 aliphatic heterocycles. The fourth-order valence-electron chi connectivity index (χ4n) is 2.46. The van der Waals surface area contributed by atoms with Crippen LogP contribution in [0.5, 0.6) is 0 Å². The number of hydrogen-bond acceptors (Lipinski definition) is 4. The number of aromatic nitrogens is 2. The minimum absolute atomic E-state index is 0.146. The second-order valence-electron chi connectivity index (χ2n) is 5.10. The Labute approximate surface area is 124 Å². The van der Waals surface area contributed by atoms with Crippen LogP contribution in [0.25, 0.3) is 0 Å². The topological polar surface area (TPSA) is 75.2 Å². The minimum Gasteiger partial charge on any atom is -0.347 e. The van der Waals surface area contributed by atoms with Crippen molar-refractivity contribution in [2.75, 3.05) is 6.54 Å². The summed E-state index contributed by atoms with van der Waals surface area (Å²) in [4.78, 5) is 31.6. The second-order valence-corrected chi connectivity index (χ2v) is 5.10. The average molecular weight is 316 g/mol. The fraction of sp³-hybridized carbons (Fsp3) is 0.538. The summed E-state index contributed by atoms with van der Waals surface area (Å²) < 4.78 is 38.7. The van der Waals surface area contributed by atoms with Crippen molar-refractivity contribution in [1.29, 1.82) is 0 Å². The summed E-state index contributed by atoms with van der Waals surface area (Å²) in [6.07, 6.45) is -0.664. The van der Waals surface area contributed by atoms with Crippen molar-refractivity contribution >= 4 is 11.8 Å². The molecule has 1 saturated heterocycles. The van der Waals surface area contributed by atoms with Gasteiger partial charge in [-0.25, -0.2) is 9.97 Å². The van der Waals surface area contributed by atoms with E-state index in [0.717, 1.165) is 11.8 Å². The maximum Gasteiger partial charge on any atom is 0.408 e. The summed E-state index contributed by atoms with van der Waals surface area (Å²) in [5.41, 5.74) is 0.217. The molecule has 2 heterocycles. The highest BCUT2D eigenvalue weighted by Gasteiger charge is 2.47. The van der Waals surface area contributed by atoms with E-state index in [1.165, 1.54) is 18.7 Å². The van der Waals surface area contributed by atoms with Crippen LogP contribution in [-0.2, 0) is 4.79 Å². The zero-order valence-electron chi connectivity index (χ0n) is 11.8. The summed E-state index contributed by atoms with van der Waals surface area (Å²) >= 11 is 0. The van der Waals surface area contributed by atoms with Gasteiger partial charge in [0.15, 0.2) is 0 Å². The van der Waals surface area contributed by atoms with E-state index in [0.29, 0.717) is 0 Å². The van der Waals surface area contributed by atoms with Crippen LogP contribution in [0.15, 0.2) is 18.7 Å². The van der Waals surface area contributed by atoms with E-state index in [9.17, 15) is 22.8 Å². The Bertz CT molecular complexity index is 550. The van der Waals surface area contributed by atoms with Crippen molar-refractivity contribution in [3.63, 3.8) is 0 Å². The van der Waals surface area contributed by atoms with Gasteiger partial charge in [-0.15, -0.1) is 0 Å². The molecule has 0 aromatic carbocycles. The summed E-state index contributed by atoms with van der Waals surface area (Å²) in [5.74, 6) is -1.14. The first-order valence-electron chi connectivity index (χ1n) is 6.69. The molecule has 0 saturated carbocycles. The molecule has 6 nitrogen and oxygen atoms in total. The first kappa shape index (κ1) is 16.2. The molecule has 0 unspecified atom stereocenters. The summed E-state index contributed by atoms with van der Waals surface area (Å²) in [6, 6.07) is -2.33. The number of nitrogens with one attached hydrogen (secondary N) is 1. The third-order valence-electron chi connectivity index (χ3n) is 3.52. The molecule has 1 aliphatic rings. The molecule has 120 valence electrons. The molecule has 0 spiro atoms. The molecule has 22 heavy (non-hydrogen) atoms. The number of alkyl halides is 3. The number of carbonyl (C=O) groups is 2. The Morgan fingerprint density at radius 1 is 1.27 bits per heavy atom. The minimum atomic E-state index is -4.46. The molecule has 1 N–H and O–H groups in total. The molecule has 2 rings (SSSR count). The van der Waals surface area contributed by atoms with Gasteiger partial charge in [-0.05, 0) is 12.8 Å². The predicted octanol–water partition coefficient (Wildman–Crippen LogP) is 1.15. The van der Waals surface area contributed by atoms with Crippen molar-refractivity contribution in [1.82, 2.24) is 20.2 Å². The number of likely N-dealkylation sites (tertiary alicyclic amines) is 1. The molecule has 1 aromatic rings. The maximum atomic E-state index is 12.9. The van der Waals surface area contributed by atoms with Crippen LogP contribution in [-0.4, -0.2) is 51.5 Å². The van der Waals surface area contributed by atoms with E-state index >= 15 is 0 Å². The highest BCUT2D eigenvalue weighted by atomic mass is 19.4. The molecule has 2 amide bonds. The molecular weight excluding hydrogens is 301 g/mol. The van der Waals surface area contributed by atoms with Gasteiger partial charge in [0.05, 0.1) is 5.56 Å². The summed E-state index contributed by atoms with van der Waals surface area (Å²) in [6.45, 7) is 0.924. The number of rotatable bonds is 2. The average Bonchev–Trinajstić information content (AvgIpc) is 2.47. The van der Waals surface area contributed by atoms with E-state index in [1.807, 2.05) is 0 Å². The van der Waals surface area contributed by atoms with Gasteiger partial charge in [0, 0.05) is 31.9 Å². The van der Waals surface area contributed by atoms with Gasteiger partial charge in [-0.1, -0.05) is 0 Å². The Balaban J connectivity index is 2.03. The molecule has 9 heteroatoms. The number of halogens is 3. The molecule has 0 radical (unpaired) electrons. The van der Waals surface area contributed by atoms with Crippen LogP contribution in [0, 0.1) is 0 Å². The van der Waals surface area contributed by atoms with Gasteiger partial charge in [0.1, 0.15) is 12.4 Å². The molecule has 2 atom stereocenters. The zero-order chi connectivity index (χ0) is 16.3. The van der Waals surface area contributed by atoms with Crippen LogP contribution in [0.3, 0.4) is 0 Å². The quantitative estimate of drug-likeness (QED) is 0.888. The van der Waals surface area contributed by atoms with E-state index in [1.54, 1.807) is 0 Å². The summed E-state index contributed by atoms with van der Waals surface area (Å²) in [5, 5.41) is 2.61. The SMILES string of the molecule is CC(=O)N1C[C@@H](NC(=O)c2cncnc2)CC[C@@H]1C(F)(F)F. The maximum absolute atomic E-state index is 12.9. The Kier molecular flexibility index (Phi) is 4.62. The largest absolute Gasteiger partial charge is 0.408 e. The van der Waals surface area contributed by atoms with Gasteiger partial charge < -0.3 is 10.2 Å². The lowest BCUT2D eigenvalue weighted by Crippen LogP contribution is -2.57. The predicted molar refractivity (Wildman–Crippen MR) is 69.8 cm³/mol. The summed E-state index contributed by atoms with van der Waals surface area (Å²) in [7, 11) is 0. The third kappa shape index (κ3) is 3.71. The normalized spacial score (nSPS) is 22.3.